The first-order valence-corrected chi connectivity index (χ1v) is 11.5. The number of carbonyl (C=O) groups excluding carboxylic acids is 3. The van der Waals surface area contributed by atoms with Crippen LogP contribution >= 0.6 is 0 Å². The van der Waals surface area contributed by atoms with Crippen molar-refractivity contribution in [2.45, 2.75) is 47.5 Å². The van der Waals surface area contributed by atoms with Gasteiger partial charge in [-0.2, -0.15) is 0 Å². The van der Waals surface area contributed by atoms with Crippen molar-refractivity contribution in [3.63, 3.8) is 0 Å². The lowest BCUT2D eigenvalue weighted by Gasteiger charge is -2.10. The molecule has 9 heteroatoms. The van der Waals surface area contributed by atoms with Gasteiger partial charge in [0.1, 0.15) is 29.6 Å². The van der Waals surface area contributed by atoms with Gasteiger partial charge in [0.25, 0.3) is 0 Å². The first kappa shape index (κ1) is 30.9. The predicted molar refractivity (Wildman–Crippen MR) is 137 cm³/mol. The highest BCUT2D eigenvalue weighted by atomic mass is 16.5. The van der Waals surface area contributed by atoms with E-state index in [-0.39, 0.29) is 30.7 Å². The van der Waals surface area contributed by atoms with Crippen molar-refractivity contribution >= 4 is 17.9 Å². The maximum Gasteiger partial charge on any atom is 0.308 e. The van der Waals surface area contributed by atoms with Crippen LogP contribution in [-0.4, -0.2) is 46.4 Å². The smallest absolute Gasteiger partial charge is 0.308 e. The molecule has 0 aliphatic carbocycles. The number of aliphatic hydroxyl groups excluding tert-OH is 1. The number of allylic oxidation sites excluding steroid dienone is 2. The molecular weight excluding hydrogens is 480 g/mol. The molecule has 0 heterocycles. The van der Waals surface area contributed by atoms with Gasteiger partial charge < -0.3 is 29.5 Å². The lowest BCUT2D eigenvalue weighted by atomic mass is 10.1. The molecule has 0 amide bonds. The minimum Gasteiger partial charge on any atom is -0.508 e. The molecule has 0 saturated heterocycles. The van der Waals surface area contributed by atoms with Crippen molar-refractivity contribution in [3.8, 4) is 23.0 Å². The van der Waals surface area contributed by atoms with Crippen LogP contribution in [0.4, 0.5) is 0 Å². The third-order valence-corrected chi connectivity index (χ3v) is 4.72. The molecular formula is C28H34O9. The Morgan fingerprint density at radius 2 is 1.35 bits per heavy atom. The van der Waals surface area contributed by atoms with Gasteiger partial charge in [0.2, 0.25) is 0 Å². The average Bonchev–Trinajstić information content (AvgIpc) is 2.81. The van der Waals surface area contributed by atoms with Crippen LogP contribution in [0.2, 0.25) is 0 Å². The topological polar surface area (TPSA) is 140 Å². The summed E-state index contributed by atoms with van der Waals surface area (Å²) in [5.74, 6) is -0.508. The van der Waals surface area contributed by atoms with Gasteiger partial charge in [0.15, 0.2) is 0 Å². The number of carbonyl (C=O) groups is 3. The number of aliphatic hydroxyl groups is 1. The molecule has 0 aliphatic rings. The van der Waals surface area contributed by atoms with E-state index >= 15 is 0 Å². The van der Waals surface area contributed by atoms with Gasteiger partial charge in [-0.1, -0.05) is 29.9 Å². The number of aromatic hydroxyl groups is 2. The summed E-state index contributed by atoms with van der Waals surface area (Å²) in [6.45, 7) is 7.83. The van der Waals surface area contributed by atoms with Crippen LogP contribution in [0.25, 0.3) is 0 Å². The van der Waals surface area contributed by atoms with E-state index in [1.165, 1.54) is 39.0 Å². The molecule has 0 bridgehead atoms. The van der Waals surface area contributed by atoms with Gasteiger partial charge in [-0.15, -0.1) is 0 Å². The highest BCUT2D eigenvalue weighted by Gasteiger charge is 2.09. The number of phenols is 2. The number of benzene rings is 2. The molecule has 200 valence electrons. The van der Waals surface area contributed by atoms with Crippen LogP contribution in [0.15, 0.2) is 59.7 Å². The second-order valence-corrected chi connectivity index (χ2v) is 8.22. The fraction of sp³-hybridized carbons (Fsp3) is 0.321. The lowest BCUT2D eigenvalue weighted by Crippen LogP contribution is -2.06. The number of esters is 3. The zero-order chi connectivity index (χ0) is 28.0. The van der Waals surface area contributed by atoms with Crippen LogP contribution in [0.5, 0.6) is 23.0 Å². The van der Waals surface area contributed by atoms with Crippen LogP contribution in [0.3, 0.4) is 0 Å². The number of ether oxygens (including phenoxy) is 3. The molecule has 37 heavy (non-hydrogen) atoms. The summed E-state index contributed by atoms with van der Waals surface area (Å²) in [6.07, 6.45) is 4.75. The van der Waals surface area contributed by atoms with E-state index in [1.807, 2.05) is 26.0 Å². The van der Waals surface area contributed by atoms with Gasteiger partial charge in [-0.25, -0.2) is 0 Å². The fourth-order valence-electron chi connectivity index (χ4n) is 2.81. The quantitative estimate of drug-likeness (QED) is 0.255. The third kappa shape index (κ3) is 13.0. The maximum atomic E-state index is 11.2. The van der Waals surface area contributed by atoms with Crippen molar-refractivity contribution in [2.24, 2.45) is 0 Å². The summed E-state index contributed by atoms with van der Waals surface area (Å²) < 4.78 is 15.0. The van der Waals surface area contributed by atoms with Gasteiger partial charge >= 0.3 is 17.9 Å². The summed E-state index contributed by atoms with van der Waals surface area (Å²) in [5.41, 5.74) is 3.21. The Morgan fingerprint density at radius 1 is 0.757 bits per heavy atom. The Balaban J connectivity index is 0.000000417. The molecule has 0 fully saturated rings. The Bertz CT molecular complexity index is 1150. The normalized spacial score (nSPS) is 11.2. The molecule has 0 spiro atoms. The number of rotatable bonds is 9. The number of hydrogen-bond donors (Lipinski definition) is 3. The molecule has 0 saturated carbocycles. The first-order valence-electron chi connectivity index (χ1n) is 11.5. The largest absolute Gasteiger partial charge is 0.508 e. The van der Waals surface area contributed by atoms with Crippen molar-refractivity contribution in [1.82, 2.24) is 0 Å². The van der Waals surface area contributed by atoms with Crippen LogP contribution in [-0.2, 0) is 32.0 Å². The van der Waals surface area contributed by atoms with Crippen molar-refractivity contribution in [1.29, 1.82) is 0 Å². The summed E-state index contributed by atoms with van der Waals surface area (Å²) in [6, 6.07) is 9.32. The maximum absolute atomic E-state index is 11.2. The molecule has 3 N–H and O–H groups in total. The minimum atomic E-state index is -0.466. The standard InChI is InChI=1S/C17H20O6.C11H14O3/c1-11(10-21-12(2)18)5-6-15-7-8-16(22-13(3)19)9-17(15)23-14(4)20;1-8(7-12)2-3-9-4-5-10(13)6-11(9)14/h5,7-9H,6,10H2,1-4H3;2,4-6,12-14H,3,7H2,1H3. The van der Waals surface area contributed by atoms with Crippen LogP contribution in [0, 0.1) is 0 Å². The van der Waals surface area contributed by atoms with E-state index in [2.05, 4.69) is 0 Å². The summed E-state index contributed by atoms with van der Waals surface area (Å²) >= 11 is 0. The zero-order valence-electron chi connectivity index (χ0n) is 21.7. The van der Waals surface area contributed by atoms with E-state index < -0.39 is 11.9 Å². The molecule has 0 radical (unpaired) electrons. The van der Waals surface area contributed by atoms with Gasteiger partial charge in [0, 0.05) is 32.9 Å². The Kier molecular flexibility index (Phi) is 13.2. The van der Waals surface area contributed by atoms with E-state index in [4.69, 9.17) is 24.4 Å². The molecule has 0 aliphatic heterocycles. The second-order valence-electron chi connectivity index (χ2n) is 8.22. The van der Waals surface area contributed by atoms with Crippen molar-refractivity contribution < 1.29 is 43.9 Å². The molecule has 0 atom stereocenters. The van der Waals surface area contributed by atoms with E-state index in [9.17, 15) is 19.5 Å². The monoisotopic (exact) mass is 514 g/mol. The summed E-state index contributed by atoms with van der Waals surface area (Å²) in [4.78, 5) is 33.0. The Hall–Kier alpha value is -4.11. The highest BCUT2D eigenvalue weighted by molar-refractivity contribution is 5.71. The summed E-state index contributed by atoms with van der Waals surface area (Å²) in [7, 11) is 0. The molecule has 0 unspecified atom stereocenters. The second kappa shape index (κ2) is 15.8. The molecule has 2 rings (SSSR count). The average molecular weight is 515 g/mol. The van der Waals surface area contributed by atoms with E-state index in [0.717, 1.165) is 22.3 Å². The van der Waals surface area contributed by atoms with Crippen LogP contribution < -0.4 is 9.47 Å². The number of phenolic OH excluding ortho intramolecular Hbond substituents is 2. The van der Waals surface area contributed by atoms with Gasteiger partial charge in [-0.05, 0) is 55.5 Å². The van der Waals surface area contributed by atoms with Crippen molar-refractivity contribution in [3.05, 3.63) is 70.8 Å². The molecule has 0 aromatic heterocycles. The Labute approximate surface area is 216 Å². The SMILES string of the molecule is CC(=CCc1ccc(O)cc1O)CO.CC(=O)OCC(C)=CCc1ccc(OC(C)=O)cc1OC(C)=O. The minimum absolute atomic E-state index is 0.0266. The number of hydrogen-bond acceptors (Lipinski definition) is 9. The highest BCUT2D eigenvalue weighted by Crippen LogP contribution is 2.26. The Morgan fingerprint density at radius 3 is 1.92 bits per heavy atom. The predicted octanol–water partition coefficient (Wildman–Crippen LogP) is 4.17. The zero-order valence-corrected chi connectivity index (χ0v) is 21.7. The molecule has 9 nitrogen and oxygen atoms in total. The van der Waals surface area contributed by atoms with E-state index in [0.29, 0.717) is 24.3 Å². The molecule has 2 aromatic carbocycles. The van der Waals surface area contributed by atoms with Crippen molar-refractivity contribution in [2.75, 3.05) is 13.2 Å². The third-order valence-electron chi connectivity index (χ3n) is 4.72. The first-order chi connectivity index (χ1) is 17.4. The molecule has 2 aromatic rings. The van der Waals surface area contributed by atoms with Crippen LogP contribution in [0.1, 0.15) is 45.7 Å². The summed E-state index contributed by atoms with van der Waals surface area (Å²) in [5, 5.41) is 27.2. The van der Waals surface area contributed by atoms with E-state index in [1.54, 1.807) is 18.2 Å². The lowest BCUT2D eigenvalue weighted by molar-refractivity contribution is -0.140. The van der Waals surface area contributed by atoms with Gasteiger partial charge in [-0.3, -0.25) is 14.4 Å². The fourth-order valence-corrected chi connectivity index (χ4v) is 2.81. The van der Waals surface area contributed by atoms with Gasteiger partial charge in [0.05, 0.1) is 6.61 Å².